The van der Waals surface area contributed by atoms with E-state index in [4.69, 9.17) is 4.74 Å². The first-order valence-corrected chi connectivity index (χ1v) is 10.7. The molecule has 32 heavy (non-hydrogen) atoms. The molecule has 0 spiro atoms. The lowest BCUT2D eigenvalue weighted by Gasteiger charge is -2.29. The minimum absolute atomic E-state index is 0.0332. The van der Waals surface area contributed by atoms with Gasteiger partial charge in [0.1, 0.15) is 11.4 Å². The van der Waals surface area contributed by atoms with Crippen molar-refractivity contribution in [3.8, 4) is 11.4 Å². The number of rotatable bonds is 9. The number of ether oxygens (including phenoxy) is 1. The minimum atomic E-state index is -0.419. The van der Waals surface area contributed by atoms with Crippen LogP contribution in [-0.4, -0.2) is 39.5 Å². The zero-order chi connectivity index (χ0) is 22.4. The Labute approximate surface area is 187 Å². The number of amides is 2. The molecule has 0 bridgehead atoms. The van der Waals surface area contributed by atoms with Crippen molar-refractivity contribution in [2.24, 2.45) is 0 Å². The van der Waals surface area contributed by atoms with Crippen LogP contribution >= 0.6 is 0 Å². The molecule has 0 aliphatic carbocycles. The Kier molecular flexibility index (Phi) is 6.49. The zero-order valence-corrected chi connectivity index (χ0v) is 18.1. The average Bonchev–Trinajstić information content (AvgIpc) is 3.44. The second-order valence-corrected chi connectivity index (χ2v) is 8.09. The first kappa shape index (κ1) is 21.5. The molecule has 166 valence electrons. The van der Waals surface area contributed by atoms with Gasteiger partial charge in [-0.05, 0) is 49.1 Å². The average molecular weight is 434 g/mol. The number of nitrogens with zero attached hydrogens (tertiary/aromatic N) is 3. The SMILES string of the molecule is COc1cccc(C[C@]2(CCC(=O)NCc3cnn(-c4ccccc4)n3)CCC(=O)N2)c1. The van der Waals surface area contributed by atoms with Crippen LogP contribution in [0.1, 0.15) is 36.9 Å². The monoisotopic (exact) mass is 433 g/mol. The fourth-order valence-corrected chi connectivity index (χ4v) is 4.05. The van der Waals surface area contributed by atoms with E-state index in [2.05, 4.69) is 20.8 Å². The van der Waals surface area contributed by atoms with Crippen LogP contribution in [0.25, 0.3) is 5.69 Å². The lowest BCUT2D eigenvalue weighted by molar-refractivity contribution is -0.122. The van der Waals surface area contributed by atoms with Gasteiger partial charge in [-0.1, -0.05) is 30.3 Å². The highest BCUT2D eigenvalue weighted by molar-refractivity contribution is 5.80. The molecule has 0 radical (unpaired) electrons. The summed E-state index contributed by atoms with van der Waals surface area (Å²) in [6.07, 6.45) is 4.38. The number of hydrogen-bond acceptors (Lipinski definition) is 5. The second kappa shape index (κ2) is 9.64. The van der Waals surface area contributed by atoms with Gasteiger partial charge >= 0.3 is 0 Å². The Balaban J connectivity index is 1.33. The lowest BCUT2D eigenvalue weighted by Crippen LogP contribution is -2.44. The molecule has 1 aliphatic heterocycles. The van der Waals surface area contributed by atoms with E-state index in [1.54, 1.807) is 18.1 Å². The molecule has 1 saturated heterocycles. The van der Waals surface area contributed by atoms with Gasteiger partial charge in [0.15, 0.2) is 0 Å². The second-order valence-electron chi connectivity index (χ2n) is 8.09. The van der Waals surface area contributed by atoms with Crippen LogP contribution in [-0.2, 0) is 22.6 Å². The Morgan fingerprint density at radius 2 is 2.06 bits per heavy atom. The van der Waals surface area contributed by atoms with Crippen LogP contribution in [0.15, 0.2) is 60.8 Å². The fraction of sp³-hybridized carbons (Fsp3) is 0.333. The molecule has 8 nitrogen and oxygen atoms in total. The fourth-order valence-electron chi connectivity index (χ4n) is 4.05. The largest absolute Gasteiger partial charge is 0.497 e. The van der Waals surface area contributed by atoms with Gasteiger partial charge in [-0.15, -0.1) is 0 Å². The maximum atomic E-state index is 12.5. The smallest absolute Gasteiger partial charge is 0.220 e. The maximum Gasteiger partial charge on any atom is 0.220 e. The van der Waals surface area contributed by atoms with E-state index in [9.17, 15) is 9.59 Å². The Morgan fingerprint density at radius 3 is 2.81 bits per heavy atom. The molecule has 2 amide bonds. The summed E-state index contributed by atoms with van der Waals surface area (Å²) < 4.78 is 5.31. The van der Waals surface area contributed by atoms with Gasteiger partial charge in [0, 0.05) is 18.4 Å². The van der Waals surface area contributed by atoms with Crippen LogP contribution in [0, 0.1) is 0 Å². The number of nitrogens with one attached hydrogen (secondary N) is 2. The maximum absolute atomic E-state index is 12.5. The number of carbonyl (C=O) groups is 2. The summed E-state index contributed by atoms with van der Waals surface area (Å²) in [5.41, 5.74) is 2.20. The predicted octanol–water partition coefficient (Wildman–Crippen LogP) is 2.56. The first-order valence-electron chi connectivity index (χ1n) is 10.7. The number of methoxy groups -OCH3 is 1. The molecule has 1 aliphatic rings. The van der Waals surface area contributed by atoms with E-state index < -0.39 is 5.54 Å². The number of para-hydroxylation sites is 1. The summed E-state index contributed by atoms with van der Waals surface area (Å²) in [5.74, 6) is 0.736. The summed E-state index contributed by atoms with van der Waals surface area (Å²) in [6.45, 7) is 0.306. The summed E-state index contributed by atoms with van der Waals surface area (Å²) in [7, 11) is 1.63. The van der Waals surface area contributed by atoms with Crippen molar-refractivity contribution in [3.05, 3.63) is 72.1 Å². The summed E-state index contributed by atoms with van der Waals surface area (Å²) >= 11 is 0. The number of benzene rings is 2. The van der Waals surface area contributed by atoms with Gasteiger partial charge in [0.05, 0.1) is 25.5 Å². The van der Waals surface area contributed by atoms with Gasteiger partial charge in [-0.3, -0.25) is 9.59 Å². The minimum Gasteiger partial charge on any atom is -0.497 e. The number of hydrogen-bond donors (Lipinski definition) is 2. The van der Waals surface area contributed by atoms with Crippen LogP contribution in [0.4, 0.5) is 0 Å². The highest BCUT2D eigenvalue weighted by atomic mass is 16.5. The molecule has 1 fully saturated rings. The van der Waals surface area contributed by atoms with E-state index in [1.807, 2.05) is 54.6 Å². The highest BCUT2D eigenvalue weighted by Crippen LogP contribution is 2.30. The first-order chi connectivity index (χ1) is 15.5. The number of carbonyl (C=O) groups excluding carboxylic acids is 2. The van der Waals surface area contributed by atoms with Crippen LogP contribution in [0.5, 0.6) is 5.75 Å². The molecular formula is C24H27N5O3. The van der Waals surface area contributed by atoms with Crippen molar-refractivity contribution >= 4 is 11.8 Å². The third-order valence-corrected chi connectivity index (χ3v) is 5.74. The van der Waals surface area contributed by atoms with Crippen molar-refractivity contribution < 1.29 is 14.3 Å². The molecule has 2 aromatic carbocycles. The zero-order valence-electron chi connectivity index (χ0n) is 18.1. The number of aromatic nitrogens is 3. The summed E-state index contributed by atoms with van der Waals surface area (Å²) in [5, 5.41) is 14.7. The van der Waals surface area contributed by atoms with Crippen LogP contribution < -0.4 is 15.4 Å². The molecule has 0 saturated carbocycles. The molecule has 8 heteroatoms. The molecular weight excluding hydrogens is 406 g/mol. The quantitative estimate of drug-likeness (QED) is 0.541. The van der Waals surface area contributed by atoms with Crippen molar-refractivity contribution in [2.75, 3.05) is 7.11 Å². The summed E-state index contributed by atoms with van der Waals surface area (Å²) in [4.78, 5) is 26.1. The standard InChI is InChI=1S/C24H27N5O3/c1-32-21-9-5-6-18(14-21)15-24(13-11-23(31)27-24)12-10-22(30)25-16-19-17-26-29(28-19)20-7-3-2-4-8-20/h2-9,14,17H,10-13,15-16H2,1H3,(H,25,30)(H,27,31)/t24-/m0/s1. The van der Waals surface area contributed by atoms with E-state index in [1.165, 1.54) is 0 Å². The van der Waals surface area contributed by atoms with Gasteiger partial charge in [-0.2, -0.15) is 15.0 Å². The molecule has 3 aromatic rings. The summed E-state index contributed by atoms with van der Waals surface area (Å²) in [6, 6.07) is 17.4. The molecule has 1 atom stereocenters. The van der Waals surface area contributed by atoms with Gasteiger partial charge in [-0.25, -0.2) is 0 Å². The van der Waals surface area contributed by atoms with Crippen molar-refractivity contribution in [2.45, 2.75) is 44.2 Å². The van der Waals surface area contributed by atoms with E-state index in [-0.39, 0.29) is 11.8 Å². The normalized spacial score (nSPS) is 17.7. The third kappa shape index (κ3) is 5.32. The third-order valence-electron chi connectivity index (χ3n) is 5.74. The highest BCUT2D eigenvalue weighted by Gasteiger charge is 2.37. The van der Waals surface area contributed by atoms with Gasteiger partial charge in [0.25, 0.3) is 0 Å². The van der Waals surface area contributed by atoms with E-state index in [0.29, 0.717) is 44.3 Å². The van der Waals surface area contributed by atoms with Gasteiger partial charge in [0.2, 0.25) is 11.8 Å². The Morgan fingerprint density at radius 1 is 1.22 bits per heavy atom. The Hall–Kier alpha value is -3.68. The van der Waals surface area contributed by atoms with Gasteiger partial charge < -0.3 is 15.4 Å². The van der Waals surface area contributed by atoms with Crippen LogP contribution in [0.2, 0.25) is 0 Å². The van der Waals surface area contributed by atoms with E-state index in [0.717, 1.165) is 17.0 Å². The van der Waals surface area contributed by atoms with Crippen molar-refractivity contribution in [1.29, 1.82) is 0 Å². The lowest BCUT2D eigenvalue weighted by atomic mass is 9.85. The van der Waals surface area contributed by atoms with Crippen molar-refractivity contribution in [1.82, 2.24) is 25.6 Å². The van der Waals surface area contributed by atoms with E-state index >= 15 is 0 Å². The molecule has 0 unspecified atom stereocenters. The van der Waals surface area contributed by atoms with Crippen molar-refractivity contribution in [3.63, 3.8) is 0 Å². The molecule has 2 N–H and O–H groups in total. The molecule has 1 aromatic heterocycles. The molecule has 4 rings (SSSR count). The Bertz CT molecular complexity index is 1080. The topological polar surface area (TPSA) is 98.1 Å². The van der Waals surface area contributed by atoms with Crippen LogP contribution in [0.3, 0.4) is 0 Å². The molecule has 2 heterocycles. The predicted molar refractivity (Wildman–Crippen MR) is 119 cm³/mol.